The quantitative estimate of drug-likeness (QED) is 0.541. The van der Waals surface area contributed by atoms with Crippen LogP contribution in [0.15, 0.2) is 18.2 Å². The molecule has 43 heavy (non-hydrogen) atoms. The Morgan fingerprint density at radius 1 is 1.12 bits per heavy atom. The molecular weight excluding hydrogens is 566 g/mol. The molecule has 1 N–H and O–H groups in total. The van der Waals surface area contributed by atoms with Crippen molar-refractivity contribution in [2.45, 2.75) is 90.2 Å². The molecule has 13 heteroatoms. The zero-order valence-electron chi connectivity index (χ0n) is 25.2. The van der Waals surface area contributed by atoms with E-state index in [1.165, 1.54) is 18.9 Å². The number of nitrogens with zero attached hydrogens (tertiary/aromatic N) is 3. The molecule has 0 spiro atoms. The van der Waals surface area contributed by atoms with Crippen LogP contribution < -0.4 is 14.8 Å². The molecule has 1 saturated heterocycles. The summed E-state index contributed by atoms with van der Waals surface area (Å²) < 4.78 is 54.1. The molecule has 3 heterocycles. The van der Waals surface area contributed by atoms with Crippen LogP contribution in [0.1, 0.15) is 59.6 Å². The van der Waals surface area contributed by atoms with Crippen LogP contribution >= 0.6 is 0 Å². The highest BCUT2D eigenvalue weighted by Crippen LogP contribution is 2.40. The number of benzene rings is 1. The fourth-order valence-corrected chi connectivity index (χ4v) is 5.73. The third kappa shape index (κ3) is 6.36. The molecule has 2 fully saturated rings. The van der Waals surface area contributed by atoms with E-state index in [0.717, 1.165) is 0 Å². The number of ether oxygens (including phenoxy) is 4. The Labute approximate surface area is 248 Å². The highest BCUT2D eigenvalue weighted by atomic mass is 19.3. The van der Waals surface area contributed by atoms with Crippen molar-refractivity contribution >= 4 is 28.8 Å². The number of fused-ring (bicyclic) bond motifs is 5. The van der Waals surface area contributed by atoms with Gasteiger partial charge in [-0.2, -0.15) is 8.78 Å². The zero-order valence-corrected chi connectivity index (χ0v) is 25.2. The molecule has 2 amide bonds. The fourth-order valence-electron chi connectivity index (χ4n) is 5.73. The number of halogens is 2. The monoisotopic (exact) mass is 604 g/mol. The maximum atomic E-state index is 15.8. The number of carbonyl (C=O) groups is 3. The lowest BCUT2D eigenvalue weighted by Gasteiger charge is -2.35. The molecule has 2 aromatic rings. The van der Waals surface area contributed by atoms with Gasteiger partial charge >= 0.3 is 6.09 Å². The Balaban J connectivity index is 1.57. The van der Waals surface area contributed by atoms with E-state index in [1.54, 1.807) is 45.9 Å². The van der Waals surface area contributed by atoms with Gasteiger partial charge in [-0.3, -0.25) is 9.59 Å². The van der Waals surface area contributed by atoms with Crippen molar-refractivity contribution in [3.8, 4) is 11.6 Å². The number of hydrogen-bond acceptors (Lipinski definition) is 9. The van der Waals surface area contributed by atoms with E-state index in [-0.39, 0.29) is 42.3 Å². The summed E-state index contributed by atoms with van der Waals surface area (Å²) in [6.45, 7) is 8.38. The highest BCUT2D eigenvalue weighted by Gasteiger charge is 2.50. The Morgan fingerprint density at radius 3 is 2.53 bits per heavy atom. The predicted octanol–water partition coefficient (Wildman–Crippen LogP) is 4.01. The van der Waals surface area contributed by atoms with E-state index in [0.29, 0.717) is 12.2 Å². The molecule has 234 valence electrons. The van der Waals surface area contributed by atoms with Crippen molar-refractivity contribution in [1.29, 1.82) is 0 Å². The van der Waals surface area contributed by atoms with Crippen molar-refractivity contribution in [3.05, 3.63) is 23.9 Å². The summed E-state index contributed by atoms with van der Waals surface area (Å²) in [6.07, 6.45) is -2.78. The van der Waals surface area contributed by atoms with Gasteiger partial charge in [-0.1, -0.05) is 27.7 Å². The molecule has 1 aromatic carbocycles. The number of nitrogens with one attached hydrogen (secondary N) is 1. The summed E-state index contributed by atoms with van der Waals surface area (Å²) in [5.74, 6) is -4.73. The Hall–Kier alpha value is -3.61. The summed E-state index contributed by atoms with van der Waals surface area (Å²) >= 11 is 0. The molecule has 6 atom stereocenters. The molecule has 2 aliphatic heterocycles. The van der Waals surface area contributed by atoms with Crippen LogP contribution in [0.5, 0.6) is 11.6 Å². The number of methoxy groups -OCH3 is 1. The van der Waals surface area contributed by atoms with Crippen molar-refractivity contribution in [1.82, 2.24) is 20.2 Å². The lowest BCUT2D eigenvalue weighted by Crippen LogP contribution is -2.57. The molecule has 1 aliphatic carbocycles. The highest BCUT2D eigenvalue weighted by molar-refractivity contribution is 5.92. The van der Waals surface area contributed by atoms with E-state index in [2.05, 4.69) is 15.3 Å². The number of alkyl halides is 2. The molecule has 5 rings (SSSR count). The standard InChI is InChI=1S/C30H38F2N4O7/c1-15-22-14-36(23(15)16(2)37)27(38)25(29(3,4)5)35-28(39)43-21-13-20(21)41-11-7-10-30(31,32)24-26(42-22)34-19-12-17(40-6)8-9-18(19)33-24/h8-9,12,15,20-23,25H,7,10-11,13-14H2,1-6H3,(H,35,39)/t15-,20-,21-,22+,23+,25-/m1/s1. The predicted molar refractivity (Wildman–Crippen MR) is 150 cm³/mol. The average Bonchev–Trinajstić information content (AvgIpc) is 3.58. The van der Waals surface area contributed by atoms with Crippen LogP contribution in [-0.4, -0.2) is 83.3 Å². The zero-order chi connectivity index (χ0) is 31.3. The second kappa shape index (κ2) is 11.5. The normalized spacial score (nSPS) is 29.7. The van der Waals surface area contributed by atoms with Crippen LogP contribution in [0, 0.1) is 11.3 Å². The van der Waals surface area contributed by atoms with Crippen LogP contribution in [0.3, 0.4) is 0 Å². The number of aromatic nitrogens is 2. The van der Waals surface area contributed by atoms with E-state index >= 15 is 8.78 Å². The Morgan fingerprint density at radius 2 is 1.86 bits per heavy atom. The fraction of sp³-hybridized carbons (Fsp3) is 0.633. The Kier molecular flexibility index (Phi) is 8.23. The van der Waals surface area contributed by atoms with Crippen LogP contribution in [0.2, 0.25) is 0 Å². The number of ketones is 1. The molecule has 11 nitrogen and oxygen atoms in total. The minimum absolute atomic E-state index is 0.00477. The summed E-state index contributed by atoms with van der Waals surface area (Å²) in [7, 11) is 1.48. The molecule has 3 aliphatic rings. The SMILES string of the molecule is COc1ccc2nc3c(nc2c1)O[C@H]1CN(C(=O)[C@H](C(C)(C)C)NC(=O)O[C@@H]2C[C@H]2OCCCC3(F)F)[C@H](C(C)=O)[C@@H]1C. The van der Waals surface area contributed by atoms with Gasteiger partial charge in [0.25, 0.3) is 5.92 Å². The van der Waals surface area contributed by atoms with Gasteiger partial charge in [0.1, 0.15) is 24.0 Å². The van der Waals surface area contributed by atoms with Gasteiger partial charge in [-0.05, 0) is 30.9 Å². The lowest BCUT2D eigenvalue weighted by molar-refractivity contribution is -0.141. The van der Waals surface area contributed by atoms with Crippen molar-refractivity contribution in [2.24, 2.45) is 11.3 Å². The van der Waals surface area contributed by atoms with Crippen LogP contribution in [0.25, 0.3) is 11.0 Å². The van der Waals surface area contributed by atoms with E-state index in [9.17, 15) is 14.4 Å². The third-order valence-electron chi connectivity index (χ3n) is 8.22. The minimum Gasteiger partial charge on any atom is -0.497 e. The first kappa shape index (κ1) is 30.8. The Bertz CT molecular complexity index is 1410. The van der Waals surface area contributed by atoms with Gasteiger partial charge < -0.3 is 29.2 Å². The number of alkyl carbamates (subject to hydrolysis) is 1. The number of carbonyl (C=O) groups excluding carboxylic acids is 3. The first-order chi connectivity index (χ1) is 20.2. The average molecular weight is 605 g/mol. The van der Waals surface area contributed by atoms with Crippen LogP contribution in [-0.2, 0) is 25.0 Å². The summed E-state index contributed by atoms with van der Waals surface area (Å²) in [4.78, 5) is 49.7. The van der Waals surface area contributed by atoms with Crippen molar-refractivity contribution in [2.75, 3.05) is 20.3 Å². The molecular formula is C30H38F2N4O7. The molecule has 0 unspecified atom stereocenters. The van der Waals surface area contributed by atoms with Crippen molar-refractivity contribution in [3.63, 3.8) is 0 Å². The number of hydrogen-bond donors (Lipinski definition) is 1. The molecule has 2 bridgehead atoms. The van der Waals surface area contributed by atoms with Gasteiger partial charge in [0, 0.05) is 31.4 Å². The van der Waals surface area contributed by atoms with Gasteiger partial charge in [0.2, 0.25) is 11.8 Å². The lowest BCUT2D eigenvalue weighted by atomic mass is 9.85. The smallest absolute Gasteiger partial charge is 0.408 e. The van der Waals surface area contributed by atoms with E-state index < -0.39 is 71.8 Å². The number of amides is 2. The number of rotatable bonds is 2. The second-order valence-electron chi connectivity index (χ2n) is 12.6. The maximum absolute atomic E-state index is 15.8. The van der Waals surface area contributed by atoms with Gasteiger partial charge in [-0.15, -0.1) is 0 Å². The van der Waals surface area contributed by atoms with Crippen molar-refractivity contribution < 1.29 is 42.1 Å². The van der Waals surface area contributed by atoms with E-state index in [1.807, 2.05) is 0 Å². The first-order valence-electron chi connectivity index (χ1n) is 14.5. The second-order valence-corrected chi connectivity index (χ2v) is 12.6. The molecule has 1 saturated carbocycles. The minimum atomic E-state index is -3.43. The van der Waals surface area contributed by atoms with Gasteiger partial charge in [0.05, 0.1) is 36.8 Å². The largest absolute Gasteiger partial charge is 0.497 e. The van der Waals surface area contributed by atoms with Gasteiger partial charge in [-0.25, -0.2) is 14.8 Å². The van der Waals surface area contributed by atoms with Crippen LogP contribution in [0.4, 0.5) is 13.6 Å². The third-order valence-corrected chi connectivity index (χ3v) is 8.22. The summed E-state index contributed by atoms with van der Waals surface area (Å²) in [6, 6.07) is 2.76. The summed E-state index contributed by atoms with van der Waals surface area (Å²) in [5.41, 5.74) is -0.856. The molecule has 1 aromatic heterocycles. The number of Topliss-reactive ketones (excluding diaryl/α,β-unsaturated/α-hetero) is 1. The van der Waals surface area contributed by atoms with Gasteiger partial charge in [0.15, 0.2) is 11.5 Å². The summed E-state index contributed by atoms with van der Waals surface area (Å²) in [5, 5.41) is 2.69. The maximum Gasteiger partial charge on any atom is 0.408 e. The van der Waals surface area contributed by atoms with E-state index in [4.69, 9.17) is 18.9 Å². The first-order valence-corrected chi connectivity index (χ1v) is 14.5. The molecule has 0 radical (unpaired) electrons. The topological polar surface area (TPSA) is 129 Å².